The predicted octanol–water partition coefficient (Wildman–Crippen LogP) is 1.00. The average molecular weight is 287 g/mol. The number of nitrogens with one attached hydrogen (secondary N) is 1. The Morgan fingerprint density at radius 3 is 2.39 bits per heavy atom. The Labute approximate surface area is 100 Å². The van der Waals surface area contributed by atoms with Gasteiger partial charge in [-0.1, -0.05) is 0 Å². The molecule has 0 aliphatic carbocycles. The first kappa shape index (κ1) is 14.9. The van der Waals surface area contributed by atoms with Crippen LogP contribution in [-0.2, 0) is 16.6 Å². The van der Waals surface area contributed by atoms with Crippen molar-refractivity contribution in [2.75, 3.05) is 6.54 Å². The molecule has 0 fully saturated rings. The number of hydrogen-bond donors (Lipinski definition) is 2. The van der Waals surface area contributed by atoms with Crippen LogP contribution < -0.4 is 4.72 Å². The van der Waals surface area contributed by atoms with E-state index in [-0.39, 0.29) is 0 Å². The fourth-order valence-corrected chi connectivity index (χ4v) is 2.29. The lowest BCUT2D eigenvalue weighted by atomic mass is 10.2. The van der Waals surface area contributed by atoms with Gasteiger partial charge in [0, 0.05) is 0 Å². The van der Waals surface area contributed by atoms with Crippen LogP contribution in [0.2, 0.25) is 0 Å². The van der Waals surface area contributed by atoms with E-state index in [4.69, 9.17) is 5.11 Å². The van der Waals surface area contributed by atoms with Crippen LogP contribution in [-0.4, -0.2) is 26.5 Å². The van der Waals surface area contributed by atoms with Crippen LogP contribution in [0, 0.1) is 11.6 Å². The minimum absolute atomic E-state index is 0.595. The molecule has 0 spiro atoms. The van der Waals surface area contributed by atoms with E-state index in [9.17, 15) is 26.0 Å². The van der Waals surface area contributed by atoms with Crippen molar-refractivity contribution < 1.29 is 31.1 Å². The standard InChI is InChI=1S/C9H9F4NO3S/c10-6-1-2-7(9(13)5(6)4-15)18(16,17)14-3-8(11)12/h1-2,8,14-15H,3-4H2. The summed E-state index contributed by atoms with van der Waals surface area (Å²) in [6, 6.07) is 1.23. The zero-order valence-corrected chi connectivity index (χ0v) is 9.65. The van der Waals surface area contributed by atoms with Crippen molar-refractivity contribution in [1.29, 1.82) is 0 Å². The van der Waals surface area contributed by atoms with Crippen molar-refractivity contribution in [2.24, 2.45) is 0 Å². The van der Waals surface area contributed by atoms with Crippen LogP contribution in [0.3, 0.4) is 0 Å². The summed E-state index contributed by atoms with van der Waals surface area (Å²) in [5, 5.41) is 8.69. The Hall–Kier alpha value is -1.19. The van der Waals surface area contributed by atoms with E-state index in [1.807, 2.05) is 0 Å². The Morgan fingerprint density at radius 2 is 1.89 bits per heavy atom. The van der Waals surface area contributed by atoms with Crippen LogP contribution in [0.15, 0.2) is 17.0 Å². The molecule has 0 atom stereocenters. The highest BCUT2D eigenvalue weighted by atomic mass is 32.2. The molecule has 9 heteroatoms. The highest BCUT2D eigenvalue weighted by Crippen LogP contribution is 2.21. The topological polar surface area (TPSA) is 66.4 Å². The number of benzene rings is 1. The molecule has 18 heavy (non-hydrogen) atoms. The van der Waals surface area contributed by atoms with E-state index in [0.717, 1.165) is 0 Å². The van der Waals surface area contributed by atoms with E-state index in [0.29, 0.717) is 12.1 Å². The van der Waals surface area contributed by atoms with Gasteiger partial charge in [-0.15, -0.1) is 0 Å². The number of aliphatic hydroxyl groups excluding tert-OH is 1. The van der Waals surface area contributed by atoms with E-state index in [1.165, 1.54) is 4.72 Å². The van der Waals surface area contributed by atoms with E-state index < -0.39 is 51.7 Å². The molecule has 0 amide bonds. The van der Waals surface area contributed by atoms with Gasteiger partial charge in [0.05, 0.1) is 18.7 Å². The van der Waals surface area contributed by atoms with Crippen molar-refractivity contribution in [1.82, 2.24) is 4.72 Å². The van der Waals surface area contributed by atoms with Crippen molar-refractivity contribution in [2.45, 2.75) is 17.9 Å². The molecule has 0 aliphatic heterocycles. The average Bonchev–Trinajstić information content (AvgIpc) is 2.27. The number of halogens is 4. The third kappa shape index (κ3) is 3.18. The molecule has 0 bridgehead atoms. The number of sulfonamides is 1. The Bertz CT molecular complexity index is 533. The van der Waals surface area contributed by atoms with Crippen LogP contribution in [0.4, 0.5) is 17.6 Å². The number of alkyl halides is 2. The zero-order chi connectivity index (χ0) is 13.9. The van der Waals surface area contributed by atoms with Crippen molar-refractivity contribution >= 4 is 10.0 Å². The van der Waals surface area contributed by atoms with Gasteiger partial charge in [-0.05, 0) is 12.1 Å². The second-order valence-corrected chi connectivity index (χ2v) is 4.97. The quantitative estimate of drug-likeness (QED) is 0.794. The third-order valence-corrected chi connectivity index (χ3v) is 3.47. The van der Waals surface area contributed by atoms with E-state index >= 15 is 0 Å². The largest absolute Gasteiger partial charge is 0.391 e. The summed E-state index contributed by atoms with van der Waals surface area (Å²) in [5.74, 6) is -2.62. The van der Waals surface area contributed by atoms with Crippen molar-refractivity contribution in [3.05, 3.63) is 29.3 Å². The van der Waals surface area contributed by atoms with Gasteiger partial charge in [-0.2, -0.15) is 0 Å². The van der Waals surface area contributed by atoms with Crippen LogP contribution in [0.5, 0.6) is 0 Å². The molecule has 0 saturated heterocycles. The maximum Gasteiger partial charge on any atom is 0.251 e. The summed E-state index contributed by atoms with van der Waals surface area (Å²) in [4.78, 5) is -0.992. The summed E-state index contributed by atoms with van der Waals surface area (Å²) < 4.78 is 74.6. The molecular weight excluding hydrogens is 278 g/mol. The number of aliphatic hydroxyl groups is 1. The molecule has 0 aliphatic rings. The minimum atomic E-state index is -4.52. The number of hydrogen-bond acceptors (Lipinski definition) is 3. The third-order valence-electron chi connectivity index (χ3n) is 2.03. The van der Waals surface area contributed by atoms with Gasteiger partial charge in [0.15, 0.2) is 5.82 Å². The Kier molecular flexibility index (Phi) is 4.65. The zero-order valence-electron chi connectivity index (χ0n) is 8.83. The molecule has 4 nitrogen and oxygen atoms in total. The fraction of sp³-hybridized carbons (Fsp3) is 0.333. The van der Waals surface area contributed by atoms with Gasteiger partial charge < -0.3 is 5.11 Å². The Morgan fingerprint density at radius 1 is 1.28 bits per heavy atom. The fourth-order valence-electron chi connectivity index (χ4n) is 1.18. The van der Waals surface area contributed by atoms with Gasteiger partial charge in [-0.25, -0.2) is 30.7 Å². The van der Waals surface area contributed by atoms with Gasteiger partial charge in [0.1, 0.15) is 10.7 Å². The molecule has 1 rings (SSSR count). The molecule has 2 N–H and O–H groups in total. The summed E-state index contributed by atoms with van der Waals surface area (Å²) in [5.41, 5.74) is -0.838. The molecule has 1 aromatic carbocycles. The maximum absolute atomic E-state index is 13.5. The van der Waals surface area contributed by atoms with Gasteiger partial charge in [0.2, 0.25) is 10.0 Å². The lowest BCUT2D eigenvalue weighted by Gasteiger charge is -2.09. The normalized spacial score (nSPS) is 12.1. The molecule has 0 aromatic heterocycles. The van der Waals surface area contributed by atoms with Crippen molar-refractivity contribution in [3.8, 4) is 0 Å². The van der Waals surface area contributed by atoms with Crippen molar-refractivity contribution in [3.63, 3.8) is 0 Å². The highest BCUT2D eigenvalue weighted by Gasteiger charge is 2.24. The van der Waals surface area contributed by atoms with Crippen LogP contribution >= 0.6 is 0 Å². The smallest absolute Gasteiger partial charge is 0.251 e. The minimum Gasteiger partial charge on any atom is -0.391 e. The van der Waals surface area contributed by atoms with Crippen LogP contribution in [0.25, 0.3) is 0 Å². The first-order valence-electron chi connectivity index (χ1n) is 4.65. The highest BCUT2D eigenvalue weighted by molar-refractivity contribution is 7.89. The number of rotatable bonds is 5. The monoisotopic (exact) mass is 287 g/mol. The predicted molar refractivity (Wildman–Crippen MR) is 53.5 cm³/mol. The molecule has 1 aromatic rings. The van der Waals surface area contributed by atoms with Gasteiger partial charge in [-0.3, -0.25) is 0 Å². The summed E-state index contributed by atoms with van der Waals surface area (Å²) >= 11 is 0. The summed E-state index contributed by atoms with van der Waals surface area (Å²) in [6.45, 7) is -2.23. The second-order valence-electron chi connectivity index (χ2n) is 3.24. The van der Waals surface area contributed by atoms with E-state index in [2.05, 4.69) is 0 Å². The lowest BCUT2D eigenvalue weighted by molar-refractivity contribution is 0.153. The summed E-state index contributed by atoms with van der Waals surface area (Å²) in [6.07, 6.45) is -2.94. The first-order chi connectivity index (χ1) is 8.29. The maximum atomic E-state index is 13.5. The molecular formula is C9H9F4NO3S. The molecule has 0 heterocycles. The Balaban J connectivity index is 3.17. The lowest BCUT2D eigenvalue weighted by Crippen LogP contribution is -2.29. The van der Waals surface area contributed by atoms with Gasteiger partial charge >= 0.3 is 0 Å². The molecule has 0 saturated carbocycles. The first-order valence-corrected chi connectivity index (χ1v) is 6.13. The van der Waals surface area contributed by atoms with Gasteiger partial charge in [0.25, 0.3) is 6.43 Å². The van der Waals surface area contributed by atoms with Crippen LogP contribution in [0.1, 0.15) is 5.56 Å². The SMILES string of the molecule is O=S(=O)(NCC(F)F)c1ccc(F)c(CO)c1F. The molecule has 0 radical (unpaired) electrons. The summed E-state index contributed by atoms with van der Waals surface area (Å²) in [7, 11) is -4.52. The molecule has 102 valence electrons. The second kappa shape index (κ2) is 5.63. The molecule has 0 unspecified atom stereocenters. The van der Waals surface area contributed by atoms with E-state index in [1.54, 1.807) is 0 Å².